The van der Waals surface area contributed by atoms with E-state index in [1.807, 2.05) is 18.2 Å². The first kappa shape index (κ1) is 17.7. The fourth-order valence-corrected chi connectivity index (χ4v) is 6.39. The van der Waals surface area contributed by atoms with Gasteiger partial charge in [0.1, 0.15) is 11.5 Å². The van der Waals surface area contributed by atoms with E-state index < -0.39 is 0 Å². The maximum atomic E-state index is 12.6. The molecular formula is C26H28O2. The number of hydrogen-bond acceptors (Lipinski definition) is 2. The fourth-order valence-electron chi connectivity index (χ4n) is 6.39. The second-order valence-electron chi connectivity index (χ2n) is 9.22. The van der Waals surface area contributed by atoms with Gasteiger partial charge in [0.2, 0.25) is 0 Å². The number of carbonyl (C=O) groups is 1. The molecule has 2 saturated carbocycles. The van der Waals surface area contributed by atoms with Gasteiger partial charge in [-0.1, -0.05) is 55.5 Å². The third kappa shape index (κ3) is 2.73. The summed E-state index contributed by atoms with van der Waals surface area (Å²) in [7, 11) is 0. The minimum absolute atomic E-state index is 0.108. The zero-order chi connectivity index (χ0) is 19.3. The largest absolute Gasteiger partial charge is 0.508 e. The zero-order valence-corrected chi connectivity index (χ0v) is 16.5. The molecule has 144 valence electrons. The van der Waals surface area contributed by atoms with E-state index >= 15 is 0 Å². The van der Waals surface area contributed by atoms with Crippen molar-refractivity contribution >= 4 is 11.9 Å². The summed E-state index contributed by atoms with van der Waals surface area (Å²) in [5.41, 5.74) is 3.78. The van der Waals surface area contributed by atoms with Crippen LogP contribution in [0.5, 0.6) is 5.75 Å². The Bertz CT molecular complexity index is 929. The van der Waals surface area contributed by atoms with Crippen LogP contribution in [0.2, 0.25) is 0 Å². The molecule has 3 aliphatic rings. The van der Waals surface area contributed by atoms with Gasteiger partial charge in [0, 0.05) is 17.8 Å². The van der Waals surface area contributed by atoms with Crippen molar-refractivity contribution in [3.8, 4) is 5.75 Å². The van der Waals surface area contributed by atoms with Crippen LogP contribution in [0, 0.1) is 17.3 Å². The summed E-state index contributed by atoms with van der Waals surface area (Å²) >= 11 is 0. The van der Waals surface area contributed by atoms with E-state index in [1.165, 1.54) is 16.7 Å². The summed E-state index contributed by atoms with van der Waals surface area (Å²) in [4.78, 5) is 12.6. The van der Waals surface area contributed by atoms with Crippen LogP contribution >= 0.6 is 0 Å². The highest BCUT2D eigenvalue weighted by Gasteiger charge is 2.55. The average Bonchev–Trinajstić information content (AvgIpc) is 3.02. The number of rotatable bonds is 2. The fraction of sp³-hybridized carbons (Fsp3) is 0.423. The number of phenolic OH excluding ortho intramolecular Hbond substituents is 1. The van der Waals surface area contributed by atoms with Gasteiger partial charge >= 0.3 is 0 Å². The number of aromatic hydroxyl groups is 1. The first-order chi connectivity index (χ1) is 13.6. The van der Waals surface area contributed by atoms with E-state index in [1.54, 1.807) is 0 Å². The van der Waals surface area contributed by atoms with Crippen LogP contribution in [-0.2, 0) is 4.79 Å². The molecule has 0 amide bonds. The van der Waals surface area contributed by atoms with Crippen LogP contribution in [0.1, 0.15) is 67.6 Å². The standard InChI is InChI=1S/C26H28O2/c1-26-14-13-21-20-10-9-19(27)16-22(20)18(8-7-17-5-3-2-4-6-17)15-23(21)24(26)11-12-25(26)28/h2-10,16,18,21,23-24,27H,11-15H2,1H3/t18?,21-,23-,24+,26+/m1/s1. The Morgan fingerprint density at radius 3 is 2.71 bits per heavy atom. The normalized spacial score (nSPS) is 34.1. The molecule has 0 heterocycles. The summed E-state index contributed by atoms with van der Waals surface area (Å²) in [6.07, 6.45) is 9.53. The van der Waals surface area contributed by atoms with Crippen molar-refractivity contribution in [2.24, 2.45) is 17.3 Å². The Labute approximate surface area is 167 Å². The minimum Gasteiger partial charge on any atom is -0.508 e. The van der Waals surface area contributed by atoms with E-state index in [2.05, 4.69) is 49.4 Å². The van der Waals surface area contributed by atoms with Gasteiger partial charge in [-0.2, -0.15) is 0 Å². The Morgan fingerprint density at radius 1 is 1.07 bits per heavy atom. The lowest BCUT2D eigenvalue weighted by molar-refractivity contribution is -0.129. The highest BCUT2D eigenvalue weighted by atomic mass is 16.3. The molecule has 0 spiro atoms. The molecule has 1 N–H and O–H groups in total. The van der Waals surface area contributed by atoms with Crippen molar-refractivity contribution in [2.75, 3.05) is 0 Å². The number of allylic oxidation sites excluding steroid dienone is 1. The molecule has 2 aromatic carbocycles. The maximum absolute atomic E-state index is 12.6. The zero-order valence-electron chi connectivity index (χ0n) is 16.5. The predicted molar refractivity (Wildman–Crippen MR) is 112 cm³/mol. The molecule has 0 bridgehead atoms. The lowest BCUT2D eigenvalue weighted by Gasteiger charge is -2.49. The monoisotopic (exact) mass is 372 g/mol. The number of phenols is 1. The van der Waals surface area contributed by atoms with E-state index in [0.717, 1.165) is 32.1 Å². The number of ketones is 1. The molecule has 5 rings (SSSR count). The van der Waals surface area contributed by atoms with Gasteiger partial charge < -0.3 is 5.11 Å². The number of fused-ring (bicyclic) bond motifs is 5. The van der Waals surface area contributed by atoms with Crippen LogP contribution in [0.4, 0.5) is 0 Å². The van der Waals surface area contributed by atoms with Gasteiger partial charge in [-0.15, -0.1) is 0 Å². The summed E-state index contributed by atoms with van der Waals surface area (Å²) in [5, 5.41) is 10.1. The topological polar surface area (TPSA) is 37.3 Å². The molecule has 0 saturated heterocycles. The van der Waals surface area contributed by atoms with Gasteiger partial charge in [-0.25, -0.2) is 0 Å². The van der Waals surface area contributed by atoms with Crippen LogP contribution < -0.4 is 0 Å². The lowest BCUT2D eigenvalue weighted by atomic mass is 9.54. The van der Waals surface area contributed by atoms with E-state index in [9.17, 15) is 9.90 Å². The molecule has 5 atom stereocenters. The maximum Gasteiger partial charge on any atom is 0.139 e. The number of hydrogen-bond donors (Lipinski definition) is 1. The Kier molecular flexibility index (Phi) is 4.19. The molecule has 2 heteroatoms. The van der Waals surface area contributed by atoms with Crippen molar-refractivity contribution in [3.63, 3.8) is 0 Å². The number of carbonyl (C=O) groups excluding carboxylic acids is 1. The number of benzene rings is 2. The quantitative estimate of drug-likeness (QED) is 0.694. The molecule has 0 aliphatic heterocycles. The second kappa shape index (κ2) is 6.62. The highest BCUT2D eigenvalue weighted by molar-refractivity contribution is 5.87. The molecule has 0 aromatic heterocycles. The molecule has 2 fully saturated rings. The van der Waals surface area contributed by atoms with Gasteiger partial charge in [-0.05, 0) is 72.3 Å². The highest BCUT2D eigenvalue weighted by Crippen LogP contribution is 2.61. The first-order valence-electron chi connectivity index (χ1n) is 10.7. The van der Waals surface area contributed by atoms with Gasteiger partial charge in [0.25, 0.3) is 0 Å². The Balaban J connectivity index is 1.54. The molecule has 3 aliphatic carbocycles. The predicted octanol–water partition coefficient (Wildman–Crippen LogP) is 6.07. The molecule has 2 nitrogen and oxygen atoms in total. The summed E-state index contributed by atoms with van der Waals surface area (Å²) in [6, 6.07) is 16.4. The minimum atomic E-state index is -0.108. The third-order valence-electron chi connectivity index (χ3n) is 7.86. The molecule has 1 unspecified atom stereocenters. The van der Waals surface area contributed by atoms with Crippen LogP contribution in [0.25, 0.3) is 6.08 Å². The SMILES string of the molecule is C[C@]12CC[C@@H]3c4ccc(O)cc4C(C=Cc4ccccc4)C[C@H]3[C@@H]1CCC2=O. The van der Waals surface area contributed by atoms with Crippen molar-refractivity contribution < 1.29 is 9.90 Å². The van der Waals surface area contributed by atoms with Gasteiger partial charge in [0.15, 0.2) is 0 Å². The Hall–Kier alpha value is -2.35. The Morgan fingerprint density at radius 2 is 1.89 bits per heavy atom. The van der Waals surface area contributed by atoms with E-state index in [4.69, 9.17) is 0 Å². The van der Waals surface area contributed by atoms with Crippen molar-refractivity contribution in [1.29, 1.82) is 0 Å². The molecule has 0 radical (unpaired) electrons. The summed E-state index contributed by atoms with van der Waals surface area (Å²) in [5.74, 6) is 2.74. The molecule has 2 aromatic rings. The van der Waals surface area contributed by atoms with Crippen molar-refractivity contribution in [1.82, 2.24) is 0 Å². The average molecular weight is 373 g/mol. The second-order valence-corrected chi connectivity index (χ2v) is 9.22. The number of Topliss-reactive ketones (excluding diaryl/α,β-unsaturated/α-hetero) is 1. The van der Waals surface area contributed by atoms with Gasteiger partial charge in [-0.3, -0.25) is 4.79 Å². The lowest BCUT2D eigenvalue weighted by Crippen LogP contribution is -2.43. The summed E-state index contributed by atoms with van der Waals surface area (Å²) in [6.45, 7) is 2.23. The first-order valence-corrected chi connectivity index (χ1v) is 10.7. The third-order valence-corrected chi connectivity index (χ3v) is 7.86. The van der Waals surface area contributed by atoms with Crippen LogP contribution in [0.3, 0.4) is 0 Å². The van der Waals surface area contributed by atoms with Crippen molar-refractivity contribution in [3.05, 3.63) is 71.3 Å². The van der Waals surface area contributed by atoms with E-state index in [-0.39, 0.29) is 5.41 Å². The van der Waals surface area contributed by atoms with Crippen LogP contribution in [-0.4, -0.2) is 10.9 Å². The van der Waals surface area contributed by atoms with Gasteiger partial charge in [0.05, 0.1) is 0 Å². The van der Waals surface area contributed by atoms with E-state index in [0.29, 0.717) is 35.2 Å². The molecular weight excluding hydrogens is 344 g/mol. The van der Waals surface area contributed by atoms with Crippen molar-refractivity contribution in [2.45, 2.75) is 50.9 Å². The smallest absolute Gasteiger partial charge is 0.139 e. The van der Waals surface area contributed by atoms with Crippen LogP contribution in [0.15, 0.2) is 54.6 Å². The molecule has 28 heavy (non-hydrogen) atoms. The summed E-state index contributed by atoms with van der Waals surface area (Å²) < 4.78 is 0.